The van der Waals surface area contributed by atoms with Crippen LogP contribution in [0, 0.1) is 13.8 Å². The quantitative estimate of drug-likeness (QED) is 0.619. The predicted octanol–water partition coefficient (Wildman–Crippen LogP) is 3.83. The molecule has 1 amide bonds. The molecule has 0 N–H and O–H groups in total. The van der Waals surface area contributed by atoms with Gasteiger partial charge in [0.05, 0.1) is 5.56 Å². The lowest BCUT2D eigenvalue weighted by Gasteiger charge is -2.38. The molecule has 6 nitrogen and oxygen atoms in total. The van der Waals surface area contributed by atoms with Gasteiger partial charge in [-0.2, -0.15) is 0 Å². The predicted molar refractivity (Wildman–Crippen MR) is 131 cm³/mol. The molecule has 4 heterocycles. The Labute approximate surface area is 194 Å². The molecule has 0 saturated carbocycles. The van der Waals surface area contributed by atoms with Gasteiger partial charge in [-0.25, -0.2) is 0 Å². The Bertz CT molecular complexity index is 1240. The minimum Gasteiger partial charge on any atom is -0.368 e. The number of pyridine rings is 2. The standard InChI is InChI=1S/C27H30N4O2/c1-19-7-5-10-23(20(19)2)29-13-15-30(16-14-29)27(33)26-22(21-8-6-11-28-18-21)17-25(32)31-12-4-3-9-24(26)31/h5-8,10-11,17-18H,3-4,9,12-16H2,1-2H3. The minimum atomic E-state index is -0.0279. The summed E-state index contributed by atoms with van der Waals surface area (Å²) < 4.78 is 1.81. The van der Waals surface area contributed by atoms with Gasteiger partial charge in [0.1, 0.15) is 0 Å². The summed E-state index contributed by atoms with van der Waals surface area (Å²) >= 11 is 0. The first-order valence-electron chi connectivity index (χ1n) is 11.8. The summed E-state index contributed by atoms with van der Waals surface area (Å²) in [6, 6.07) is 11.8. The third kappa shape index (κ3) is 3.94. The van der Waals surface area contributed by atoms with Crippen LogP contribution in [0.2, 0.25) is 0 Å². The lowest BCUT2D eigenvalue weighted by molar-refractivity contribution is 0.0744. The van der Waals surface area contributed by atoms with E-state index in [0.29, 0.717) is 30.8 Å². The van der Waals surface area contributed by atoms with E-state index in [0.717, 1.165) is 43.6 Å². The largest absolute Gasteiger partial charge is 0.368 e. The van der Waals surface area contributed by atoms with Crippen molar-refractivity contribution in [3.05, 3.63) is 81.5 Å². The van der Waals surface area contributed by atoms with E-state index in [1.54, 1.807) is 18.5 Å². The monoisotopic (exact) mass is 442 g/mol. The summed E-state index contributed by atoms with van der Waals surface area (Å²) in [7, 11) is 0. The van der Waals surface area contributed by atoms with E-state index in [9.17, 15) is 9.59 Å². The number of hydrogen-bond acceptors (Lipinski definition) is 4. The maximum absolute atomic E-state index is 13.9. The number of aromatic nitrogens is 2. The van der Waals surface area contributed by atoms with Crippen LogP contribution in [-0.4, -0.2) is 46.5 Å². The van der Waals surface area contributed by atoms with Crippen LogP contribution in [0.3, 0.4) is 0 Å². The van der Waals surface area contributed by atoms with Crippen molar-refractivity contribution in [1.29, 1.82) is 0 Å². The van der Waals surface area contributed by atoms with Gasteiger partial charge in [-0.15, -0.1) is 0 Å². The molecule has 1 fully saturated rings. The van der Waals surface area contributed by atoms with Crippen molar-refractivity contribution in [3.8, 4) is 11.1 Å². The van der Waals surface area contributed by atoms with E-state index >= 15 is 0 Å². The van der Waals surface area contributed by atoms with E-state index in [-0.39, 0.29) is 11.5 Å². The second-order valence-electron chi connectivity index (χ2n) is 9.07. The highest BCUT2D eigenvalue weighted by atomic mass is 16.2. The van der Waals surface area contributed by atoms with Crippen LogP contribution in [0.1, 0.15) is 40.0 Å². The lowest BCUT2D eigenvalue weighted by Crippen LogP contribution is -2.49. The number of anilines is 1. The number of fused-ring (bicyclic) bond motifs is 1. The summed E-state index contributed by atoms with van der Waals surface area (Å²) in [4.78, 5) is 35.4. The van der Waals surface area contributed by atoms with Crippen molar-refractivity contribution in [2.45, 2.75) is 39.7 Å². The summed E-state index contributed by atoms with van der Waals surface area (Å²) in [6.45, 7) is 7.91. The van der Waals surface area contributed by atoms with Crippen LogP contribution in [0.15, 0.2) is 53.6 Å². The molecule has 33 heavy (non-hydrogen) atoms. The molecule has 0 spiro atoms. The van der Waals surface area contributed by atoms with Gasteiger partial charge in [-0.3, -0.25) is 14.6 Å². The van der Waals surface area contributed by atoms with Crippen molar-refractivity contribution in [2.75, 3.05) is 31.1 Å². The number of amides is 1. The van der Waals surface area contributed by atoms with Crippen molar-refractivity contribution >= 4 is 11.6 Å². The zero-order valence-electron chi connectivity index (χ0n) is 19.4. The second-order valence-corrected chi connectivity index (χ2v) is 9.07. The van der Waals surface area contributed by atoms with E-state index in [1.807, 2.05) is 21.6 Å². The fourth-order valence-electron chi connectivity index (χ4n) is 5.14. The van der Waals surface area contributed by atoms with Crippen molar-refractivity contribution in [2.24, 2.45) is 0 Å². The first kappa shape index (κ1) is 21.4. The van der Waals surface area contributed by atoms with E-state index in [2.05, 4.69) is 41.9 Å². The molecular formula is C27H30N4O2. The molecule has 1 saturated heterocycles. The van der Waals surface area contributed by atoms with Crippen molar-refractivity contribution in [1.82, 2.24) is 14.5 Å². The summed E-state index contributed by atoms with van der Waals surface area (Å²) in [5.74, 6) is 0.0279. The Morgan fingerprint density at radius 1 is 0.970 bits per heavy atom. The van der Waals surface area contributed by atoms with Crippen molar-refractivity contribution in [3.63, 3.8) is 0 Å². The fraction of sp³-hybridized carbons (Fsp3) is 0.370. The lowest BCUT2D eigenvalue weighted by atomic mass is 9.94. The van der Waals surface area contributed by atoms with Gasteiger partial charge in [-0.1, -0.05) is 18.2 Å². The van der Waals surface area contributed by atoms with Gasteiger partial charge >= 0.3 is 0 Å². The van der Waals surface area contributed by atoms with Gasteiger partial charge in [-0.05, 0) is 56.4 Å². The van der Waals surface area contributed by atoms with E-state index < -0.39 is 0 Å². The number of benzene rings is 1. The molecule has 2 aromatic heterocycles. The van der Waals surface area contributed by atoms with Crippen molar-refractivity contribution < 1.29 is 4.79 Å². The minimum absolute atomic E-state index is 0.0279. The Morgan fingerprint density at radius 3 is 2.55 bits per heavy atom. The summed E-state index contributed by atoms with van der Waals surface area (Å²) in [6.07, 6.45) is 6.18. The molecule has 1 aromatic carbocycles. The summed E-state index contributed by atoms with van der Waals surface area (Å²) in [5, 5.41) is 0. The highest BCUT2D eigenvalue weighted by Crippen LogP contribution is 2.30. The molecule has 170 valence electrons. The molecule has 3 aromatic rings. The van der Waals surface area contributed by atoms with Crippen LogP contribution < -0.4 is 10.5 Å². The number of carbonyl (C=O) groups excluding carboxylic acids is 1. The van der Waals surface area contributed by atoms with Crippen LogP contribution >= 0.6 is 0 Å². The zero-order chi connectivity index (χ0) is 22.9. The van der Waals surface area contributed by atoms with E-state index in [4.69, 9.17) is 0 Å². The third-order valence-electron chi connectivity index (χ3n) is 7.13. The highest BCUT2D eigenvalue weighted by Gasteiger charge is 2.29. The van der Waals surface area contributed by atoms with Gasteiger partial charge in [0, 0.05) is 73.7 Å². The normalized spacial score (nSPS) is 15.9. The van der Waals surface area contributed by atoms with Gasteiger partial charge in [0.15, 0.2) is 0 Å². The van der Waals surface area contributed by atoms with Crippen LogP contribution in [0.25, 0.3) is 11.1 Å². The van der Waals surface area contributed by atoms with Gasteiger partial charge < -0.3 is 14.4 Å². The molecule has 0 atom stereocenters. The first-order valence-corrected chi connectivity index (χ1v) is 11.8. The smallest absolute Gasteiger partial charge is 0.256 e. The van der Waals surface area contributed by atoms with Gasteiger partial charge in [0.2, 0.25) is 0 Å². The number of carbonyl (C=O) groups is 1. The molecule has 5 rings (SSSR count). The average molecular weight is 443 g/mol. The summed E-state index contributed by atoms with van der Waals surface area (Å²) in [5.41, 5.74) is 6.91. The molecule has 0 unspecified atom stereocenters. The number of piperazine rings is 1. The Morgan fingerprint density at radius 2 is 1.79 bits per heavy atom. The Kier molecular flexibility index (Phi) is 5.75. The topological polar surface area (TPSA) is 58.4 Å². The average Bonchev–Trinajstić information content (AvgIpc) is 2.86. The molecule has 0 bridgehead atoms. The maximum Gasteiger partial charge on any atom is 0.256 e. The van der Waals surface area contributed by atoms with Gasteiger partial charge in [0.25, 0.3) is 11.5 Å². The second kappa shape index (κ2) is 8.85. The third-order valence-corrected chi connectivity index (χ3v) is 7.13. The van der Waals surface area contributed by atoms with Crippen LogP contribution in [-0.2, 0) is 13.0 Å². The molecule has 0 radical (unpaired) electrons. The Hall–Kier alpha value is -3.41. The van der Waals surface area contributed by atoms with Crippen LogP contribution in [0.4, 0.5) is 5.69 Å². The zero-order valence-corrected chi connectivity index (χ0v) is 19.4. The first-order chi connectivity index (χ1) is 16.0. The molecular weight excluding hydrogens is 412 g/mol. The molecule has 6 heteroatoms. The SMILES string of the molecule is Cc1cccc(N2CCN(C(=O)c3c(-c4cccnc4)cc(=O)n4c3CCCC4)CC2)c1C. The highest BCUT2D eigenvalue weighted by molar-refractivity contribution is 6.02. The van der Waals surface area contributed by atoms with E-state index in [1.165, 1.54) is 16.8 Å². The Balaban J connectivity index is 1.48. The fourth-order valence-corrected chi connectivity index (χ4v) is 5.14. The van der Waals surface area contributed by atoms with Crippen LogP contribution in [0.5, 0.6) is 0 Å². The molecule has 2 aliphatic rings. The number of hydrogen-bond donors (Lipinski definition) is 0. The number of aryl methyl sites for hydroxylation is 1. The number of rotatable bonds is 3. The molecule has 2 aliphatic heterocycles. The molecule has 0 aliphatic carbocycles. The maximum atomic E-state index is 13.9. The number of nitrogens with zero attached hydrogens (tertiary/aromatic N) is 4.